The van der Waals surface area contributed by atoms with Crippen molar-refractivity contribution in [2.24, 2.45) is 0 Å². The van der Waals surface area contributed by atoms with Crippen LogP contribution >= 0.6 is 15.9 Å². The van der Waals surface area contributed by atoms with Gasteiger partial charge in [0.2, 0.25) is 0 Å². The lowest BCUT2D eigenvalue weighted by atomic mass is 10.1. The van der Waals surface area contributed by atoms with Crippen molar-refractivity contribution in [2.45, 2.75) is 6.17 Å². The largest absolute Gasteiger partial charge is 0.457 e. The number of H-pyrrole nitrogens is 1. The number of aromatic amines is 1. The van der Waals surface area contributed by atoms with Crippen molar-refractivity contribution in [3.63, 3.8) is 0 Å². The van der Waals surface area contributed by atoms with Gasteiger partial charge < -0.3 is 25.1 Å². The Bertz CT molecular complexity index is 1730. The van der Waals surface area contributed by atoms with Gasteiger partial charge in [-0.2, -0.15) is 0 Å². The molecule has 7 rings (SSSR count). The SMILES string of the molecule is Brc1ccc2[nH]cc(C3NC(c4ccc(Oc5ccccc5)cc4)=C(c4ccc(Oc5ccccc5)cc4)N3)c2c1. The fraction of sp³-hybridized carbons (Fsp3) is 0.0286. The van der Waals surface area contributed by atoms with Gasteiger partial charge in [0.25, 0.3) is 0 Å². The van der Waals surface area contributed by atoms with Crippen molar-refractivity contribution in [1.82, 2.24) is 15.6 Å². The number of benzene rings is 5. The summed E-state index contributed by atoms with van der Waals surface area (Å²) in [6, 6.07) is 42.3. The second kappa shape index (κ2) is 10.9. The molecule has 0 atom stereocenters. The smallest absolute Gasteiger partial charge is 0.127 e. The fourth-order valence-electron chi connectivity index (χ4n) is 5.06. The van der Waals surface area contributed by atoms with E-state index < -0.39 is 0 Å². The maximum absolute atomic E-state index is 6.03. The zero-order chi connectivity index (χ0) is 27.6. The van der Waals surface area contributed by atoms with E-state index in [-0.39, 0.29) is 6.17 Å². The topological polar surface area (TPSA) is 58.3 Å². The summed E-state index contributed by atoms with van der Waals surface area (Å²) in [7, 11) is 0. The van der Waals surface area contributed by atoms with Gasteiger partial charge in [0.1, 0.15) is 29.2 Å². The molecule has 1 aliphatic rings. The Hall–Kier alpha value is -4.94. The predicted octanol–water partition coefficient (Wildman–Crippen LogP) is 9.23. The van der Waals surface area contributed by atoms with Crippen molar-refractivity contribution in [1.29, 1.82) is 0 Å². The van der Waals surface area contributed by atoms with Crippen LogP contribution < -0.4 is 20.1 Å². The summed E-state index contributed by atoms with van der Waals surface area (Å²) < 4.78 is 13.1. The van der Waals surface area contributed by atoms with Gasteiger partial charge in [-0.25, -0.2) is 0 Å². The van der Waals surface area contributed by atoms with Crippen LogP contribution in [0, 0.1) is 0 Å². The van der Waals surface area contributed by atoms with Crippen molar-refractivity contribution in [3.8, 4) is 23.0 Å². The molecule has 6 aromatic rings. The van der Waals surface area contributed by atoms with E-state index in [1.165, 1.54) is 0 Å². The molecular weight excluding hydrogens is 574 g/mol. The summed E-state index contributed by atoms with van der Waals surface area (Å²) in [6.07, 6.45) is 1.94. The highest BCUT2D eigenvalue weighted by atomic mass is 79.9. The molecule has 5 nitrogen and oxygen atoms in total. The average molecular weight is 601 g/mol. The Morgan fingerprint density at radius 1 is 0.537 bits per heavy atom. The molecule has 0 amide bonds. The van der Waals surface area contributed by atoms with Gasteiger partial charge in [0, 0.05) is 38.3 Å². The van der Waals surface area contributed by atoms with Gasteiger partial charge in [-0.1, -0.05) is 52.3 Å². The maximum atomic E-state index is 6.03. The lowest BCUT2D eigenvalue weighted by molar-refractivity contribution is 0.482. The van der Waals surface area contributed by atoms with Crippen molar-refractivity contribution in [3.05, 3.63) is 155 Å². The van der Waals surface area contributed by atoms with Crippen LogP contribution in [0.5, 0.6) is 23.0 Å². The number of ether oxygens (including phenoxy) is 2. The third kappa shape index (κ3) is 5.30. The number of rotatable bonds is 7. The zero-order valence-electron chi connectivity index (χ0n) is 22.0. The molecule has 0 radical (unpaired) electrons. The minimum Gasteiger partial charge on any atom is -0.457 e. The van der Waals surface area contributed by atoms with Crippen molar-refractivity contribution in [2.75, 3.05) is 0 Å². The molecule has 1 aromatic heterocycles. The highest BCUT2D eigenvalue weighted by molar-refractivity contribution is 9.10. The van der Waals surface area contributed by atoms with E-state index in [1.807, 2.05) is 91.0 Å². The van der Waals surface area contributed by atoms with Gasteiger partial charge in [0.05, 0.1) is 11.4 Å². The summed E-state index contributed by atoms with van der Waals surface area (Å²) in [6.45, 7) is 0. The fourth-order valence-corrected chi connectivity index (χ4v) is 5.42. The van der Waals surface area contributed by atoms with Gasteiger partial charge in [-0.05, 0) is 91.0 Å². The number of hydrogen-bond donors (Lipinski definition) is 3. The molecule has 5 aromatic carbocycles. The number of hydrogen-bond acceptors (Lipinski definition) is 4. The van der Waals surface area contributed by atoms with E-state index in [4.69, 9.17) is 9.47 Å². The highest BCUT2D eigenvalue weighted by Crippen LogP contribution is 2.37. The van der Waals surface area contributed by atoms with Gasteiger partial charge in [-0.15, -0.1) is 0 Å². The first-order chi connectivity index (χ1) is 20.2. The van der Waals surface area contributed by atoms with E-state index in [9.17, 15) is 0 Å². The summed E-state index contributed by atoms with van der Waals surface area (Å²) in [4.78, 5) is 3.41. The molecule has 0 spiro atoms. The number of halogens is 1. The minimum atomic E-state index is -0.122. The minimum absolute atomic E-state index is 0.122. The van der Waals surface area contributed by atoms with Crippen LogP contribution in [0.1, 0.15) is 22.9 Å². The molecule has 0 saturated carbocycles. The lowest BCUT2D eigenvalue weighted by Gasteiger charge is -2.14. The molecular formula is C35H26BrN3O2. The van der Waals surface area contributed by atoms with Crippen LogP contribution in [0.15, 0.2) is 138 Å². The van der Waals surface area contributed by atoms with E-state index >= 15 is 0 Å². The summed E-state index contributed by atoms with van der Waals surface area (Å²) in [5, 5.41) is 8.66. The van der Waals surface area contributed by atoms with Gasteiger partial charge in [-0.3, -0.25) is 0 Å². The Balaban J connectivity index is 1.22. The van der Waals surface area contributed by atoms with Crippen LogP contribution in [0.4, 0.5) is 0 Å². The first-order valence-electron chi connectivity index (χ1n) is 13.4. The normalized spacial score (nSPS) is 13.2. The first kappa shape index (κ1) is 25.1. The standard InChI is InChI=1S/C35H26BrN3O2/c36-25-15-20-32-30(21-25)31(22-37-32)35-38-33(23-11-16-28(17-12-23)40-26-7-3-1-4-8-26)34(39-35)24-13-18-29(19-14-24)41-27-9-5-2-6-10-27/h1-22,35,37-39H. The predicted molar refractivity (Wildman–Crippen MR) is 168 cm³/mol. The van der Waals surface area contributed by atoms with Crippen LogP contribution in [0.3, 0.4) is 0 Å². The van der Waals surface area contributed by atoms with Crippen LogP contribution in [-0.2, 0) is 0 Å². The number of nitrogens with one attached hydrogen (secondary N) is 3. The summed E-state index contributed by atoms with van der Waals surface area (Å²) >= 11 is 3.63. The number of fused-ring (bicyclic) bond motifs is 1. The van der Waals surface area contributed by atoms with Gasteiger partial charge in [0.15, 0.2) is 0 Å². The zero-order valence-corrected chi connectivity index (χ0v) is 23.6. The Kier molecular flexibility index (Phi) is 6.67. The third-order valence-corrected chi connectivity index (χ3v) is 7.55. The molecule has 0 saturated heterocycles. The number of para-hydroxylation sites is 2. The van der Waals surface area contributed by atoms with E-state index in [1.54, 1.807) is 0 Å². The second-order valence-electron chi connectivity index (χ2n) is 9.78. The second-order valence-corrected chi connectivity index (χ2v) is 10.7. The molecule has 200 valence electrons. The monoisotopic (exact) mass is 599 g/mol. The van der Waals surface area contributed by atoms with Crippen LogP contribution in [-0.4, -0.2) is 4.98 Å². The highest BCUT2D eigenvalue weighted by Gasteiger charge is 2.28. The third-order valence-electron chi connectivity index (χ3n) is 7.06. The molecule has 0 unspecified atom stereocenters. The molecule has 41 heavy (non-hydrogen) atoms. The van der Waals surface area contributed by atoms with E-state index in [0.29, 0.717) is 0 Å². The van der Waals surface area contributed by atoms with Crippen molar-refractivity contribution >= 4 is 38.2 Å². The summed E-state index contributed by atoms with van der Waals surface area (Å²) in [5.41, 5.74) is 6.38. The van der Waals surface area contributed by atoms with Crippen molar-refractivity contribution < 1.29 is 9.47 Å². The molecule has 0 aliphatic carbocycles. The first-order valence-corrected chi connectivity index (χ1v) is 14.2. The molecule has 6 heteroatoms. The molecule has 0 fully saturated rings. The number of aromatic nitrogens is 1. The van der Waals surface area contributed by atoms with Crippen LogP contribution in [0.25, 0.3) is 22.3 Å². The molecule has 2 heterocycles. The Labute approximate surface area is 246 Å². The Morgan fingerprint density at radius 3 is 1.54 bits per heavy atom. The van der Waals surface area contributed by atoms with E-state index in [2.05, 4.69) is 74.1 Å². The molecule has 0 bridgehead atoms. The average Bonchev–Trinajstić information content (AvgIpc) is 3.63. The quantitative estimate of drug-likeness (QED) is 0.171. The lowest BCUT2D eigenvalue weighted by Crippen LogP contribution is -2.23. The Morgan fingerprint density at radius 2 is 1.02 bits per heavy atom. The summed E-state index contributed by atoms with van der Waals surface area (Å²) in [5.74, 6) is 3.19. The van der Waals surface area contributed by atoms with Gasteiger partial charge >= 0.3 is 0 Å². The van der Waals surface area contributed by atoms with Crippen LogP contribution in [0.2, 0.25) is 0 Å². The molecule has 1 aliphatic heterocycles. The maximum Gasteiger partial charge on any atom is 0.127 e. The van der Waals surface area contributed by atoms with E-state index in [0.717, 1.165) is 66.5 Å². The molecule has 3 N–H and O–H groups in total.